The second kappa shape index (κ2) is 10.7. The number of pyridine rings is 2. The Hall–Kier alpha value is -3.88. The third-order valence-corrected chi connectivity index (χ3v) is 8.51. The molecule has 6 N–H and O–H groups in total. The van der Waals surface area contributed by atoms with Crippen LogP contribution in [0.1, 0.15) is 33.9 Å². The number of hydrogen-bond acceptors (Lipinski definition) is 11. The van der Waals surface area contributed by atoms with Gasteiger partial charge in [-0.3, -0.25) is 14.6 Å². The number of piperazine rings is 1. The lowest BCUT2D eigenvalue weighted by Crippen LogP contribution is -2.53. The zero-order valence-corrected chi connectivity index (χ0v) is 23.5. The molecule has 2 atom stereocenters. The van der Waals surface area contributed by atoms with Crippen molar-refractivity contribution in [1.29, 1.82) is 0 Å². The van der Waals surface area contributed by atoms with Gasteiger partial charge in [-0.15, -0.1) is 0 Å². The number of aromatic nitrogens is 2. The Balaban J connectivity index is 1.37. The Morgan fingerprint density at radius 1 is 1.26 bits per heavy atom. The van der Waals surface area contributed by atoms with E-state index in [-0.39, 0.29) is 49.0 Å². The number of halogens is 1. The molecule has 2 aromatic heterocycles. The van der Waals surface area contributed by atoms with E-state index < -0.39 is 17.9 Å². The largest absolute Gasteiger partial charge is 0.458 e. The highest BCUT2D eigenvalue weighted by molar-refractivity contribution is 5.89. The van der Waals surface area contributed by atoms with Crippen LogP contribution in [-0.4, -0.2) is 86.4 Å². The molecule has 0 saturated carbocycles. The van der Waals surface area contributed by atoms with Crippen LogP contribution >= 0.6 is 0 Å². The molecule has 1 saturated heterocycles. The fourth-order valence-electron chi connectivity index (χ4n) is 6.11. The molecular weight excluding hydrogens is 545 g/mol. The molecule has 0 aliphatic carbocycles. The Bertz CT molecular complexity index is 1690. The van der Waals surface area contributed by atoms with Gasteiger partial charge in [-0.05, 0) is 37.2 Å². The first-order chi connectivity index (χ1) is 20.0. The molecule has 5 heterocycles. The SMILES string of the molecule is Cc1cc2c(CN(N)/C=C(\N)CN3CCN(C)C(CO)C3)c3c(nc2cc1F)-c1cc2c(c(=O)n1C3)COC(=O)C2O. The number of ether oxygens (including phenoxy) is 1. The van der Waals surface area contributed by atoms with Crippen molar-refractivity contribution in [3.05, 3.63) is 74.1 Å². The van der Waals surface area contributed by atoms with Gasteiger partial charge in [0.05, 0.1) is 42.2 Å². The minimum absolute atomic E-state index is 0.0384. The average molecular weight is 580 g/mol. The molecule has 0 spiro atoms. The van der Waals surface area contributed by atoms with E-state index in [1.54, 1.807) is 25.3 Å². The highest BCUT2D eigenvalue weighted by atomic mass is 19.1. The lowest BCUT2D eigenvalue weighted by molar-refractivity contribution is -0.157. The van der Waals surface area contributed by atoms with Crippen LogP contribution < -0.4 is 17.1 Å². The summed E-state index contributed by atoms with van der Waals surface area (Å²) >= 11 is 0. The van der Waals surface area contributed by atoms with E-state index in [0.29, 0.717) is 46.6 Å². The van der Waals surface area contributed by atoms with Gasteiger partial charge >= 0.3 is 5.97 Å². The summed E-state index contributed by atoms with van der Waals surface area (Å²) in [7, 11) is 1.99. The minimum atomic E-state index is -1.57. The van der Waals surface area contributed by atoms with E-state index in [1.807, 2.05) is 7.05 Å². The molecule has 0 bridgehead atoms. The number of aliphatic hydroxyl groups excluding tert-OH is 2. The maximum atomic E-state index is 14.7. The maximum absolute atomic E-state index is 14.7. The molecule has 3 aliphatic rings. The number of aryl methyl sites for hydroxylation is 1. The number of likely N-dealkylation sites (N-methyl/N-ethyl adjacent to an activating group) is 1. The first-order valence-corrected chi connectivity index (χ1v) is 13.8. The summed E-state index contributed by atoms with van der Waals surface area (Å²) in [5.74, 6) is 5.24. The van der Waals surface area contributed by atoms with Crippen molar-refractivity contribution in [2.45, 2.75) is 38.8 Å². The van der Waals surface area contributed by atoms with Gasteiger partial charge in [-0.1, -0.05) is 0 Å². The first kappa shape index (κ1) is 28.2. The molecule has 222 valence electrons. The van der Waals surface area contributed by atoms with Gasteiger partial charge < -0.3 is 30.3 Å². The fourth-order valence-corrected chi connectivity index (χ4v) is 6.11. The predicted molar refractivity (Wildman–Crippen MR) is 152 cm³/mol. The first-order valence-electron chi connectivity index (χ1n) is 13.8. The van der Waals surface area contributed by atoms with Gasteiger partial charge in [0.25, 0.3) is 5.56 Å². The molecule has 2 unspecified atom stereocenters. The van der Waals surface area contributed by atoms with E-state index in [9.17, 15) is 24.2 Å². The van der Waals surface area contributed by atoms with Crippen LogP contribution in [0.3, 0.4) is 0 Å². The highest BCUT2D eigenvalue weighted by Gasteiger charge is 2.35. The Kier molecular flexibility index (Phi) is 7.23. The van der Waals surface area contributed by atoms with Gasteiger partial charge in [0.2, 0.25) is 0 Å². The molecule has 1 aromatic carbocycles. The number of esters is 1. The summed E-state index contributed by atoms with van der Waals surface area (Å²) in [6, 6.07) is 4.71. The average Bonchev–Trinajstić information content (AvgIpc) is 3.31. The van der Waals surface area contributed by atoms with E-state index in [0.717, 1.165) is 24.2 Å². The van der Waals surface area contributed by atoms with Crippen LogP contribution in [0, 0.1) is 12.7 Å². The van der Waals surface area contributed by atoms with Crippen molar-refractivity contribution in [3.63, 3.8) is 0 Å². The van der Waals surface area contributed by atoms with Crippen LogP contribution in [0.25, 0.3) is 22.3 Å². The van der Waals surface area contributed by atoms with Crippen molar-refractivity contribution in [2.75, 3.05) is 39.8 Å². The normalized spacial score (nSPS) is 20.8. The molecular formula is C29H34FN7O5. The molecule has 0 radical (unpaired) electrons. The number of hydrazine groups is 1. The van der Waals surface area contributed by atoms with Crippen LogP contribution in [0.15, 0.2) is 34.9 Å². The van der Waals surface area contributed by atoms with E-state index in [2.05, 4.69) is 9.80 Å². The van der Waals surface area contributed by atoms with Crippen LogP contribution in [0.5, 0.6) is 0 Å². The van der Waals surface area contributed by atoms with E-state index in [4.69, 9.17) is 21.3 Å². The van der Waals surface area contributed by atoms with Gasteiger partial charge in [0.15, 0.2) is 6.10 Å². The number of carbonyl (C=O) groups is 1. The van der Waals surface area contributed by atoms with Crippen LogP contribution in [0.2, 0.25) is 0 Å². The molecule has 1 fully saturated rings. The quantitative estimate of drug-likeness (QED) is 0.139. The van der Waals surface area contributed by atoms with Gasteiger partial charge in [-0.25, -0.2) is 20.0 Å². The third-order valence-electron chi connectivity index (χ3n) is 8.51. The molecule has 3 aromatic rings. The Morgan fingerprint density at radius 2 is 2.05 bits per heavy atom. The number of rotatable bonds is 6. The predicted octanol–water partition coefficient (Wildman–Crippen LogP) is 0.0470. The minimum Gasteiger partial charge on any atom is -0.458 e. The van der Waals surface area contributed by atoms with E-state index >= 15 is 0 Å². The zero-order valence-electron chi connectivity index (χ0n) is 23.5. The number of nitrogens with zero attached hydrogens (tertiary/aromatic N) is 5. The van der Waals surface area contributed by atoms with Crippen molar-refractivity contribution in [2.24, 2.45) is 11.6 Å². The van der Waals surface area contributed by atoms with Crippen LogP contribution in [0.4, 0.5) is 4.39 Å². The van der Waals surface area contributed by atoms with E-state index in [1.165, 1.54) is 15.6 Å². The lowest BCUT2D eigenvalue weighted by Gasteiger charge is -2.38. The van der Waals surface area contributed by atoms with Gasteiger partial charge in [-0.2, -0.15) is 0 Å². The number of benzene rings is 1. The number of aliphatic hydroxyl groups is 2. The summed E-state index contributed by atoms with van der Waals surface area (Å²) in [5, 5.41) is 22.3. The van der Waals surface area contributed by atoms with Crippen molar-refractivity contribution in [3.8, 4) is 11.4 Å². The number of cyclic esters (lactones) is 1. The number of fused-ring (bicyclic) bond motifs is 5. The van der Waals surface area contributed by atoms with Crippen molar-refractivity contribution in [1.82, 2.24) is 24.4 Å². The maximum Gasteiger partial charge on any atom is 0.340 e. The Labute approximate surface area is 241 Å². The number of hydrogen-bond donors (Lipinski definition) is 4. The second-order valence-electron chi connectivity index (χ2n) is 11.3. The van der Waals surface area contributed by atoms with Crippen molar-refractivity contribution < 1.29 is 24.1 Å². The topological polar surface area (TPSA) is 163 Å². The number of carbonyl (C=O) groups excluding carboxylic acids is 1. The summed E-state index contributed by atoms with van der Waals surface area (Å²) in [6.45, 7) is 4.68. The molecule has 3 aliphatic heterocycles. The van der Waals surface area contributed by atoms with Crippen LogP contribution in [-0.2, 0) is 29.2 Å². The Morgan fingerprint density at radius 3 is 2.81 bits per heavy atom. The third kappa shape index (κ3) is 4.82. The summed E-state index contributed by atoms with van der Waals surface area (Å²) in [5.41, 5.74) is 10.2. The standard InChI is InChI=1S/C29H34FN7O5/c1-15-5-18-20(11-36(32)9-16(31)8-35-4-3-34(2)17(10-35)13-38)21-12-37-25(26(21)33-24(18)7-23(15)30)6-19-22(28(37)40)14-42-29(41)27(19)39/h5-7,9,17,27,38-39H,3-4,8,10-14,31-32H2,1-2H3/b16-9-. The van der Waals surface area contributed by atoms with Crippen molar-refractivity contribution >= 4 is 16.9 Å². The number of nitrogens with two attached hydrogens (primary N) is 2. The molecule has 0 amide bonds. The smallest absolute Gasteiger partial charge is 0.340 e. The zero-order chi connectivity index (χ0) is 29.9. The molecule has 42 heavy (non-hydrogen) atoms. The van der Waals surface area contributed by atoms with Gasteiger partial charge in [0, 0.05) is 66.7 Å². The second-order valence-corrected chi connectivity index (χ2v) is 11.3. The summed E-state index contributed by atoms with van der Waals surface area (Å²) < 4.78 is 21.2. The summed E-state index contributed by atoms with van der Waals surface area (Å²) in [6.07, 6.45) is 0.0881. The molecule has 13 heteroatoms. The summed E-state index contributed by atoms with van der Waals surface area (Å²) in [4.78, 5) is 34.5. The molecule has 6 rings (SSSR count). The van der Waals surface area contributed by atoms with Gasteiger partial charge in [0.1, 0.15) is 12.4 Å². The fraction of sp³-hybridized carbons (Fsp3) is 0.414. The lowest BCUT2D eigenvalue weighted by atomic mass is 9.97. The highest BCUT2D eigenvalue weighted by Crippen LogP contribution is 2.38. The molecule has 12 nitrogen and oxygen atoms in total. The monoisotopic (exact) mass is 579 g/mol.